The van der Waals surface area contributed by atoms with Crippen LogP contribution in [0, 0.1) is 0 Å². The molecule has 0 spiro atoms. The normalized spacial score (nSPS) is 23.3. The Balaban J connectivity index is 2.14. The molecule has 0 N–H and O–H groups in total. The van der Waals surface area contributed by atoms with E-state index in [1.165, 1.54) is 22.4 Å². The number of fused-ring (bicyclic) bond motifs is 3. The lowest BCUT2D eigenvalue weighted by Gasteiger charge is -2.37. The summed E-state index contributed by atoms with van der Waals surface area (Å²) in [4.78, 5) is 16.6. The standard InChI is InChI=1S/C22H28N2O/c1-16(2)10-12-22-13-15-23(18(5)25)21(22)24(14-11-17(3)4)20-9-7-6-8-19(20)22/h6-11,13,15,21H,12,14H2,1-5H3/t21-,22+/m0/s1. The molecule has 3 rings (SSSR count). The van der Waals surface area contributed by atoms with Crippen LogP contribution in [0.3, 0.4) is 0 Å². The molecule has 1 aromatic rings. The predicted octanol–water partition coefficient (Wildman–Crippen LogP) is 4.77. The second-order valence-electron chi connectivity index (χ2n) is 7.59. The van der Waals surface area contributed by atoms with Gasteiger partial charge in [-0.1, -0.05) is 47.6 Å². The fourth-order valence-electron chi connectivity index (χ4n) is 3.95. The lowest BCUT2D eigenvalue weighted by atomic mass is 9.77. The first kappa shape index (κ1) is 17.5. The zero-order chi connectivity index (χ0) is 18.2. The summed E-state index contributed by atoms with van der Waals surface area (Å²) in [6.45, 7) is 11.0. The van der Waals surface area contributed by atoms with E-state index in [4.69, 9.17) is 0 Å². The second kappa shape index (κ2) is 6.55. The van der Waals surface area contributed by atoms with E-state index in [0.29, 0.717) is 0 Å². The van der Waals surface area contributed by atoms with Crippen LogP contribution >= 0.6 is 0 Å². The van der Waals surface area contributed by atoms with Crippen LogP contribution < -0.4 is 4.90 Å². The number of anilines is 1. The molecule has 0 unspecified atom stereocenters. The minimum absolute atomic E-state index is 0.00796. The summed E-state index contributed by atoms with van der Waals surface area (Å²) in [5.41, 5.74) is 4.99. The average molecular weight is 336 g/mol. The molecule has 1 amide bonds. The van der Waals surface area contributed by atoms with Crippen molar-refractivity contribution >= 4 is 11.6 Å². The predicted molar refractivity (Wildman–Crippen MR) is 104 cm³/mol. The highest BCUT2D eigenvalue weighted by Gasteiger charge is 2.54. The minimum atomic E-state index is -0.172. The van der Waals surface area contributed by atoms with Gasteiger partial charge in [0.15, 0.2) is 0 Å². The van der Waals surface area contributed by atoms with Crippen LogP contribution in [0.5, 0.6) is 0 Å². The van der Waals surface area contributed by atoms with Crippen molar-refractivity contribution in [3.8, 4) is 0 Å². The average Bonchev–Trinajstić information content (AvgIpc) is 3.05. The Hall–Kier alpha value is -2.29. The van der Waals surface area contributed by atoms with Gasteiger partial charge in [0.05, 0.1) is 5.41 Å². The van der Waals surface area contributed by atoms with Gasteiger partial charge in [-0.3, -0.25) is 9.69 Å². The molecular formula is C22H28N2O. The number of allylic oxidation sites excluding steroid dienone is 3. The van der Waals surface area contributed by atoms with Gasteiger partial charge >= 0.3 is 0 Å². The number of nitrogens with zero attached hydrogens (tertiary/aromatic N) is 2. The van der Waals surface area contributed by atoms with Crippen LogP contribution in [0.15, 0.2) is 59.8 Å². The molecule has 2 atom stereocenters. The molecule has 2 aliphatic heterocycles. The van der Waals surface area contributed by atoms with Gasteiger partial charge in [0.1, 0.15) is 6.17 Å². The Morgan fingerprint density at radius 2 is 1.76 bits per heavy atom. The van der Waals surface area contributed by atoms with Gasteiger partial charge in [-0.2, -0.15) is 0 Å². The Labute approximate surface area is 151 Å². The maximum Gasteiger partial charge on any atom is 0.225 e. The number of para-hydroxylation sites is 1. The van der Waals surface area contributed by atoms with Gasteiger partial charge in [-0.05, 0) is 45.7 Å². The van der Waals surface area contributed by atoms with Crippen LogP contribution in [-0.4, -0.2) is 23.5 Å². The van der Waals surface area contributed by atoms with E-state index in [9.17, 15) is 4.79 Å². The zero-order valence-electron chi connectivity index (χ0n) is 15.9. The number of hydrogen-bond acceptors (Lipinski definition) is 2. The third kappa shape index (κ3) is 2.92. The van der Waals surface area contributed by atoms with E-state index in [1.54, 1.807) is 6.92 Å². The van der Waals surface area contributed by atoms with Crippen LogP contribution in [0.4, 0.5) is 5.69 Å². The molecule has 2 aliphatic rings. The molecule has 1 aromatic carbocycles. The first-order chi connectivity index (χ1) is 11.9. The van der Waals surface area contributed by atoms with E-state index < -0.39 is 0 Å². The molecule has 3 heteroatoms. The van der Waals surface area contributed by atoms with Crippen LogP contribution in [-0.2, 0) is 10.2 Å². The van der Waals surface area contributed by atoms with Crippen LogP contribution in [0.25, 0.3) is 0 Å². The summed E-state index contributed by atoms with van der Waals surface area (Å²) in [6, 6.07) is 8.60. The van der Waals surface area contributed by atoms with Crippen molar-refractivity contribution in [1.29, 1.82) is 0 Å². The molecule has 2 heterocycles. The molecule has 0 fully saturated rings. The van der Waals surface area contributed by atoms with Gasteiger partial charge in [0, 0.05) is 25.4 Å². The van der Waals surface area contributed by atoms with Crippen molar-refractivity contribution < 1.29 is 4.79 Å². The molecule has 25 heavy (non-hydrogen) atoms. The van der Waals surface area contributed by atoms with Gasteiger partial charge in [-0.15, -0.1) is 0 Å². The summed E-state index contributed by atoms with van der Waals surface area (Å²) in [6.07, 6.45) is 9.67. The van der Waals surface area contributed by atoms with Gasteiger partial charge in [0.25, 0.3) is 0 Å². The molecule has 132 valence electrons. The topological polar surface area (TPSA) is 23.6 Å². The molecule has 0 radical (unpaired) electrons. The number of rotatable bonds is 4. The van der Waals surface area contributed by atoms with Crippen molar-refractivity contribution in [3.63, 3.8) is 0 Å². The highest BCUT2D eigenvalue weighted by atomic mass is 16.2. The monoisotopic (exact) mass is 336 g/mol. The highest BCUT2D eigenvalue weighted by Crippen LogP contribution is 2.52. The summed E-state index contributed by atoms with van der Waals surface area (Å²) in [7, 11) is 0. The lowest BCUT2D eigenvalue weighted by molar-refractivity contribution is -0.128. The lowest BCUT2D eigenvalue weighted by Crippen LogP contribution is -2.51. The summed E-state index contributed by atoms with van der Waals surface area (Å²) in [5.74, 6) is 0.0929. The molecule has 0 saturated heterocycles. The first-order valence-corrected chi connectivity index (χ1v) is 8.98. The van der Waals surface area contributed by atoms with Gasteiger partial charge in [-0.25, -0.2) is 0 Å². The van der Waals surface area contributed by atoms with Crippen molar-refractivity contribution in [3.05, 3.63) is 65.4 Å². The number of amides is 1. The third-order valence-electron chi connectivity index (χ3n) is 5.17. The van der Waals surface area contributed by atoms with E-state index in [0.717, 1.165) is 13.0 Å². The first-order valence-electron chi connectivity index (χ1n) is 8.98. The maximum absolute atomic E-state index is 12.3. The summed E-state index contributed by atoms with van der Waals surface area (Å²) in [5, 5.41) is 0. The van der Waals surface area contributed by atoms with E-state index in [-0.39, 0.29) is 17.5 Å². The van der Waals surface area contributed by atoms with Crippen molar-refractivity contribution in [2.24, 2.45) is 0 Å². The number of hydrogen-bond donors (Lipinski definition) is 0. The fraction of sp³-hybridized carbons (Fsp3) is 0.409. The zero-order valence-corrected chi connectivity index (χ0v) is 15.9. The Morgan fingerprint density at radius 1 is 1.08 bits per heavy atom. The quantitative estimate of drug-likeness (QED) is 0.740. The summed E-state index contributed by atoms with van der Waals surface area (Å²) >= 11 is 0. The van der Waals surface area contributed by atoms with Crippen LogP contribution in [0.1, 0.15) is 46.6 Å². The number of benzene rings is 1. The van der Waals surface area contributed by atoms with Gasteiger partial charge in [0.2, 0.25) is 5.91 Å². The molecule has 3 nitrogen and oxygen atoms in total. The SMILES string of the molecule is CC(=O)N1C=C[C@]2(CC=C(C)C)c3ccccc3N(CC=C(C)C)[C@H]12. The smallest absolute Gasteiger partial charge is 0.225 e. The Bertz CT molecular complexity index is 766. The van der Waals surface area contributed by atoms with Crippen molar-refractivity contribution in [2.75, 3.05) is 11.4 Å². The summed E-state index contributed by atoms with van der Waals surface area (Å²) < 4.78 is 0. The molecular weight excluding hydrogens is 308 g/mol. The van der Waals surface area contributed by atoms with Crippen molar-refractivity contribution in [1.82, 2.24) is 4.90 Å². The molecule has 0 saturated carbocycles. The number of carbonyl (C=O) groups excluding carboxylic acids is 1. The fourth-order valence-corrected chi connectivity index (χ4v) is 3.95. The minimum Gasteiger partial charge on any atom is -0.346 e. The van der Waals surface area contributed by atoms with E-state index in [2.05, 4.69) is 75.1 Å². The van der Waals surface area contributed by atoms with E-state index in [1.807, 2.05) is 11.1 Å². The van der Waals surface area contributed by atoms with E-state index >= 15 is 0 Å². The maximum atomic E-state index is 12.3. The van der Waals surface area contributed by atoms with Gasteiger partial charge < -0.3 is 4.90 Å². The largest absolute Gasteiger partial charge is 0.346 e. The Morgan fingerprint density at radius 3 is 2.40 bits per heavy atom. The molecule has 0 aliphatic carbocycles. The highest BCUT2D eigenvalue weighted by molar-refractivity contribution is 5.79. The second-order valence-corrected chi connectivity index (χ2v) is 7.59. The third-order valence-corrected chi connectivity index (χ3v) is 5.17. The molecule has 0 aromatic heterocycles. The van der Waals surface area contributed by atoms with Crippen molar-refractivity contribution in [2.45, 2.75) is 52.6 Å². The van der Waals surface area contributed by atoms with Crippen LogP contribution in [0.2, 0.25) is 0 Å². The molecule has 0 bridgehead atoms. The number of carbonyl (C=O) groups is 1. The Kier molecular flexibility index (Phi) is 4.59.